The number of hydrogen-bond donors (Lipinski definition) is 3. The standard InChI is InChI=1S/C16H19N3O2/c1-2-19-9-11(17)8-13(19)16(21)18-15-12-6-4-3-5-10(12)7-14(15)20/h3-6,8-9,14-15,20H,2,7,17H2,1H3,(H,18,21)/t14-,15+/m1/s1. The SMILES string of the molecule is CCn1cc(N)cc1C(=O)N[C@H]1c2ccccc2C[C@H]1O. The molecule has 0 bridgehead atoms. The van der Waals surface area contributed by atoms with Crippen LogP contribution in [-0.4, -0.2) is 21.7 Å². The molecule has 1 aliphatic carbocycles. The van der Waals surface area contributed by atoms with Crippen LogP contribution in [-0.2, 0) is 13.0 Å². The number of nitrogens with one attached hydrogen (secondary N) is 1. The highest BCUT2D eigenvalue weighted by atomic mass is 16.3. The normalized spacial score (nSPS) is 20.3. The molecule has 110 valence electrons. The van der Waals surface area contributed by atoms with Crippen LogP contribution in [0.4, 0.5) is 5.69 Å². The molecule has 1 aromatic heterocycles. The number of amides is 1. The number of carbonyl (C=O) groups is 1. The minimum Gasteiger partial charge on any atom is -0.397 e. The first-order chi connectivity index (χ1) is 10.1. The third-order valence-corrected chi connectivity index (χ3v) is 3.98. The van der Waals surface area contributed by atoms with Crippen LogP contribution in [0.1, 0.15) is 34.6 Å². The molecule has 1 heterocycles. The molecule has 0 saturated carbocycles. The molecule has 21 heavy (non-hydrogen) atoms. The first-order valence-corrected chi connectivity index (χ1v) is 7.12. The number of rotatable bonds is 3. The second kappa shape index (κ2) is 5.26. The van der Waals surface area contributed by atoms with Crippen LogP contribution in [0.5, 0.6) is 0 Å². The van der Waals surface area contributed by atoms with Gasteiger partial charge in [0.25, 0.3) is 5.91 Å². The van der Waals surface area contributed by atoms with Gasteiger partial charge in [-0.3, -0.25) is 4.79 Å². The molecule has 3 rings (SSSR count). The number of carbonyl (C=O) groups excluding carboxylic acids is 1. The van der Waals surface area contributed by atoms with Crippen LogP contribution in [0.3, 0.4) is 0 Å². The van der Waals surface area contributed by atoms with Crippen molar-refractivity contribution >= 4 is 11.6 Å². The van der Waals surface area contributed by atoms with Gasteiger partial charge in [0, 0.05) is 19.2 Å². The molecule has 1 aliphatic rings. The van der Waals surface area contributed by atoms with Crippen LogP contribution in [0.15, 0.2) is 36.5 Å². The van der Waals surface area contributed by atoms with Gasteiger partial charge in [0.2, 0.25) is 0 Å². The number of aliphatic hydroxyl groups is 1. The Balaban J connectivity index is 1.85. The minimum absolute atomic E-state index is 0.214. The van der Waals surface area contributed by atoms with Gasteiger partial charge in [0.05, 0.1) is 17.8 Å². The van der Waals surface area contributed by atoms with Crippen molar-refractivity contribution in [2.45, 2.75) is 32.0 Å². The first kappa shape index (κ1) is 13.7. The van der Waals surface area contributed by atoms with Gasteiger partial charge < -0.3 is 20.7 Å². The summed E-state index contributed by atoms with van der Waals surface area (Å²) in [6, 6.07) is 9.09. The Morgan fingerprint density at radius 3 is 3.00 bits per heavy atom. The van der Waals surface area contributed by atoms with E-state index in [9.17, 15) is 9.90 Å². The van der Waals surface area contributed by atoms with Crippen molar-refractivity contribution in [3.05, 3.63) is 53.3 Å². The molecule has 5 heteroatoms. The van der Waals surface area contributed by atoms with Crippen LogP contribution in [0.2, 0.25) is 0 Å². The van der Waals surface area contributed by atoms with E-state index < -0.39 is 6.10 Å². The summed E-state index contributed by atoms with van der Waals surface area (Å²) in [7, 11) is 0. The molecule has 0 saturated heterocycles. The van der Waals surface area contributed by atoms with E-state index in [4.69, 9.17) is 5.73 Å². The maximum atomic E-state index is 12.5. The number of hydrogen-bond acceptors (Lipinski definition) is 3. The maximum absolute atomic E-state index is 12.5. The summed E-state index contributed by atoms with van der Waals surface area (Å²) in [6.45, 7) is 2.62. The lowest BCUT2D eigenvalue weighted by Crippen LogP contribution is -2.34. The molecule has 0 spiro atoms. The van der Waals surface area contributed by atoms with E-state index >= 15 is 0 Å². The molecule has 5 nitrogen and oxygen atoms in total. The van der Waals surface area contributed by atoms with E-state index in [2.05, 4.69) is 5.32 Å². The highest BCUT2D eigenvalue weighted by Gasteiger charge is 2.32. The molecule has 2 aromatic rings. The molecule has 0 aliphatic heterocycles. The van der Waals surface area contributed by atoms with Crippen LogP contribution in [0.25, 0.3) is 0 Å². The molecule has 1 aromatic carbocycles. The van der Waals surface area contributed by atoms with Gasteiger partial charge in [-0.05, 0) is 24.1 Å². The van der Waals surface area contributed by atoms with E-state index in [-0.39, 0.29) is 11.9 Å². The summed E-state index contributed by atoms with van der Waals surface area (Å²) in [5.74, 6) is -0.214. The minimum atomic E-state index is -0.589. The molecule has 4 N–H and O–H groups in total. The van der Waals surface area contributed by atoms with Crippen LogP contribution in [0, 0.1) is 0 Å². The van der Waals surface area contributed by atoms with Crippen molar-refractivity contribution in [3.8, 4) is 0 Å². The number of fused-ring (bicyclic) bond motifs is 1. The van der Waals surface area contributed by atoms with E-state index in [0.717, 1.165) is 11.1 Å². The Hall–Kier alpha value is -2.27. The van der Waals surface area contributed by atoms with Crippen molar-refractivity contribution in [2.24, 2.45) is 0 Å². The summed E-state index contributed by atoms with van der Waals surface area (Å²) in [4.78, 5) is 12.5. The zero-order valence-electron chi connectivity index (χ0n) is 11.9. The maximum Gasteiger partial charge on any atom is 0.268 e. The second-order valence-corrected chi connectivity index (χ2v) is 5.37. The highest BCUT2D eigenvalue weighted by molar-refractivity contribution is 5.94. The lowest BCUT2D eigenvalue weighted by atomic mass is 10.1. The van der Waals surface area contributed by atoms with Crippen molar-refractivity contribution in [1.29, 1.82) is 0 Å². The van der Waals surface area contributed by atoms with Gasteiger partial charge in [-0.25, -0.2) is 0 Å². The number of nitrogens with two attached hydrogens (primary N) is 1. The number of nitrogen functional groups attached to an aromatic ring is 1. The van der Waals surface area contributed by atoms with E-state index in [1.165, 1.54) is 0 Å². The van der Waals surface area contributed by atoms with Gasteiger partial charge in [-0.15, -0.1) is 0 Å². The van der Waals surface area contributed by atoms with Gasteiger partial charge in [-0.2, -0.15) is 0 Å². The first-order valence-electron chi connectivity index (χ1n) is 7.12. The largest absolute Gasteiger partial charge is 0.397 e. The van der Waals surface area contributed by atoms with Gasteiger partial charge >= 0.3 is 0 Å². The zero-order chi connectivity index (χ0) is 15.0. The average Bonchev–Trinajstić information content (AvgIpc) is 3.00. The Bertz CT molecular complexity index is 678. The third kappa shape index (κ3) is 2.40. The van der Waals surface area contributed by atoms with Crippen molar-refractivity contribution in [2.75, 3.05) is 5.73 Å². The van der Waals surface area contributed by atoms with Crippen LogP contribution < -0.4 is 11.1 Å². The fourth-order valence-electron chi connectivity index (χ4n) is 2.95. The highest BCUT2D eigenvalue weighted by Crippen LogP contribution is 2.31. The van der Waals surface area contributed by atoms with Crippen molar-refractivity contribution in [1.82, 2.24) is 9.88 Å². The average molecular weight is 285 g/mol. The van der Waals surface area contributed by atoms with E-state index in [1.807, 2.05) is 31.2 Å². The van der Waals surface area contributed by atoms with Crippen molar-refractivity contribution < 1.29 is 9.90 Å². The zero-order valence-corrected chi connectivity index (χ0v) is 11.9. The lowest BCUT2D eigenvalue weighted by Gasteiger charge is -2.18. The second-order valence-electron chi connectivity index (χ2n) is 5.37. The summed E-state index contributed by atoms with van der Waals surface area (Å²) in [5.41, 5.74) is 8.91. The third-order valence-electron chi connectivity index (χ3n) is 3.98. The fraction of sp³-hybridized carbons (Fsp3) is 0.312. The predicted octanol–water partition coefficient (Wildman–Crippen LogP) is 1.48. The van der Waals surface area contributed by atoms with Gasteiger partial charge in [-0.1, -0.05) is 24.3 Å². The quantitative estimate of drug-likeness (QED) is 0.799. The molecule has 0 radical (unpaired) electrons. The Labute approximate surface area is 123 Å². The molecule has 1 amide bonds. The molecule has 2 atom stereocenters. The van der Waals surface area contributed by atoms with Crippen LogP contribution >= 0.6 is 0 Å². The Morgan fingerprint density at radius 1 is 1.48 bits per heavy atom. The smallest absolute Gasteiger partial charge is 0.268 e. The topological polar surface area (TPSA) is 80.3 Å². The number of aryl methyl sites for hydroxylation is 1. The molecular weight excluding hydrogens is 266 g/mol. The Morgan fingerprint density at radius 2 is 2.24 bits per heavy atom. The summed E-state index contributed by atoms with van der Waals surface area (Å²) >= 11 is 0. The summed E-state index contributed by atoms with van der Waals surface area (Å²) in [5, 5.41) is 13.1. The van der Waals surface area contributed by atoms with Gasteiger partial charge in [0.1, 0.15) is 5.69 Å². The number of aliphatic hydroxyl groups excluding tert-OH is 1. The number of nitrogens with zero attached hydrogens (tertiary/aromatic N) is 1. The molecule has 0 unspecified atom stereocenters. The monoisotopic (exact) mass is 285 g/mol. The van der Waals surface area contributed by atoms with E-state index in [0.29, 0.717) is 24.3 Å². The number of benzene rings is 1. The lowest BCUT2D eigenvalue weighted by molar-refractivity contribution is 0.0849. The summed E-state index contributed by atoms with van der Waals surface area (Å²) < 4.78 is 1.80. The summed E-state index contributed by atoms with van der Waals surface area (Å²) in [6.07, 6.45) is 1.72. The number of aromatic nitrogens is 1. The molecule has 0 fully saturated rings. The number of anilines is 1. The predicted molar refractivity (Wildman–Crippen MR) is 80.9 cm³/mol. The fourth-order valence-corrected chi connectivity index (χ4v) is 2.95. The Kier molecular flexibility index (Phi) is 3.43. The van der Waals surface area contributed by atoms with E-state index in [1.54, 1.807) is 16.8 Å². The molecular formula is C16H19N3O2. The van der Waals surface area contributed by atoms with Gasteiger partial charge in [0.15, 0.2) is 0 Å². The van der Waals surface area contributed by atoms with Crippen molar-refractivity contribution in [3.63, 3.8) is 0 Å².